The van der Waals surface area contributed by atoms with Crippen molar-refractivity contribution in [2.45, 2.75) is 76.2 Å². The summed E-state index contributed by atoms with van der Waals surface area (Å²) < 4.78 is 36.7. The average Bonchev–Trinajstić information content (AvgIpc) is 3.13. The average molecular weight is 800 g/mol. The molecule has 308 valence electrons. The highest BCUT2D eigenvalue weighted by Gasteiger charge is 2.36. The molecule has 1 rings (SSSR count). The summed E-state index contributed by atoms with van der Waals surface area (Å²) in [6.45, 7) is 3.69. The quantitative estimate of drug-likeness (QED) is 0.0302. The predicted molar refractivity (Wildman–Crippen MR) is 199 cm³/mol. The smallest absolute Gasteiger partial charge is 0.253 e. The summed E-state index contributed by atoms with van der Waals surface area (Å²) in [4.78, 5) is 76.8. The molecule has 53 heavy (non-hydrogen) atoms. The first kappa shape index (κ1) is 48.7. The van der Waals surface area contributed by atoms with Crippen LogP contribution in [0.15, 0.2) is 0 Å². The van der Waals surface area contributed by atoms with Crippen LogP contribution in [-0.2, 0) is 68.7 Å². The van der Waals surface area contributed by atoms with Crippen molar-refractivity contribution in [2.75, 3.05) is 100 Å². The summed E-state index contributed by atoms with van der Waals surface area (Å²) in [5, 5.41) is 13.1. The Morgan fingerprint density at radius 3 is 1.66 bits per heavy atom. The maximum Gasteiger partial charge on any atom is 0.253 e. The van der Waals surface area contributed by atoms with Crippen LogP contribution in [0.4, 0.5) is 0 Å². The Morgan fingerprint density at radius 1 is 0.679 bits per heavy atom. The van der Waals surface area contributed by atoms with E-state index in [0.29, 0.717) is 65.3 Å². The lowest BCUT2D eigenvalue weighted by Gasteiger charge is -2.32. The maximum atomic E-state index is 13.7. The molecule has 0 heterocycles. The molecule has 1 aliphatic rings. The molecule has 1 saturated carbocycles. The van der Waals surface area contributed by atoms with E-state index in [0.717, 1.165) is 0 Å². The van der Waals surface area contributed by atoms with Gasteiger partial charge in [0, 0.05) is 59.0 Å². The van der Waals surface area contributed by atoms with Crippen LogP contribution in [-0.4, -0.2) is 159 Å². The third kappa shape index (κ3) is 22.0. The number of hydrogen-bond donors (Lipinski definition) is 6. The summed E-state index contributed by atoms with van der Waals surface area (Å²) in [6, 6.07) is -2.94. The normalized spacial score (nSPS) is 18.0. The van der Waals surface area contributed by atoms with Crippen LogP contribution in [0.3, 0.4) is 0 Å². The summed E-state index contributed by atoms with van der Waals surface area (Å²) in [5.41, 5.74) is -0.206. The second kappa shape index (κ2) is 29.0. The first-order chi connectivity index (χ1) is 25.4. The number of hydrogen-bond acceptors (Lipinski definition) is 13. The molecule has 0 spiro atoms. The van der Waals surface area contributed by atoms with Gasteiger partial charge in [-0.2, -0.15) is 0 Å². The van der Waals surface area contributed by atoms with E-state index in [1.54, 1.807) is 21.0 Å². The van der Waals surface area contributed by atoms with Crippen LogP contribution in [0.1, 0.15) is 52.4 Å². The minimum Gasteiger partial charge on any atom is -0.382 e. The molecule has 18 nitrogen and oxygen atoms in total. The van der Waals surface area contributed by atoms with E-state index in [-0.39, 0.29) is 70.0 Å². The van der Waals surface area contributed by atoms with Gasteiger partial charge in [0.2, 0.25) is 17.7 Å². The van der Waals surface area contributed by atoms with Gasteiger partial charge in [-0.15, -0.1) is 0 Å². The predicted octanol–water partition coefficient (Wildman–Crippen LogP) is -0.641. The van der Waals surface area contributed by atoms with Gasteiger partial charge in [0.1, 0.15) is 6.04 Å². The standard InChI is InChI=1S/C33H62N5O13PS/c1-24(2)52(44,53)51-26-8-6-25(7-9-26)30(40)38-29(32(42)36-14-17-50-23-20-47-5)33(43)37-27(31(41)35-13-16-49-22-19-46-4)10-11-28(39)34-12-15-48-21-18-45-3/h24-27,29H,6-23H2,1-5H3,(H,34,39)(H,35,41)(H,36,42)(H,37,43)(H,38,40)(H,44,53). The molecule has 0 aromatic rings. The highest BCUT2D eigenvalue weighted by atomic mass is 32.5. The second-order valence-electron chi connectivity index (χ2n) is 12.5. The molecule has 0 saturated heterocycles. The second-order valence-corrected chi connectivity index (χ2v) is 16.5. The number of carbonyl (C=O) groups is 5. The molecule has 1 fully saturated rings. The van der Waals surface area contributed by atoms with E-state index in [4.69, 9.17) is 44.8 Å². The SMILES string of the molecule is COCCOCCNC(=O)CCC(NC(=O)C(NC(=O)C1CCC(OP(O)(=S)C(C)C)CC1)C(=O)NCCOCCOC)C(=O)NCCOCCOC. The Labute approximate surface area is 318 Å². The van der Waals surface area contributed by atoms with Crippen molar-refractivity contribution in [3.05, 3.63) is 0 Å². The van der Waals surface area contributed by atoms with Crippen molar-refractivity contribution < 1.29 is 61.8 Å². The molecule has 0 bridgehead atoms. The summed E-state index contributed by atoms with van der Waals surface area (Å²) in [7, 11) is 4.61. The lowest BCUT2D eigenvalue weighted by atomic mass is 9.86. The third-order valence-electron chi connectivity index (χ3n) is 8.06. The zero-order chi connectivity index (χ0) is 39.5. The zero-order valence-electron chi connectivity index (χ0n) is 31.8. The first-order valence-corrected chi connectivity index (χ1v) is 20.7. The number of ether oxygens (including phenoxy) is 6. The number of carbonyl (C=O) groups excluding carboxylic acids is 5. The maximum absolute atomic E-state index is 13.7. The Balaban J connectivity index is 3.01. The van der Waals surface area contributed by atoms with E-state index in [1.165, 1.54) is 14.2 Å². The van der Waals surface area contributed by atoms with Gasteiger partial charge in [-0.05, 0) is 43.9 Å². The Kier molecular flexibility index (Phi) is 26.7. The molecule has 0 aliphatic heterocycles. The fourth-order valence-electron chi connectivity index (χ4n) is 4.88. The van der Waals surface area contributed by atoms with Crippen molar-refractivity contribution >= 4 is 47.8 Å². The molecule has 0 aromatic carbocycles. The van der Waals surface area contributed by atoms with Crippen LogP contribution in [0.25, 0.3) is 0 Å². The lowest BCUT2D eigenvalue weighted by molar-refractivity contribution is -0.140. The number of nitrogens with one attached hydrogen (secondary N) is 5. The molecule has 5 amide bonds. The fraction of sp³-hybridized carbons (Fsp3) is 0.848. The van der Waals surface area contributed by atoms with Crippen LogP contribution in [0.5, 0.6) is 0 Å². The highest BCUT2D eigenvalue weighted by Crippen LogP contribution is 2.50. The minimum atomic E-state index is -2.97. The minimum absolute atomic E-state index is 0.0376. The molecule has 3 atom stereocenters. The summed E-state index contributed by atoms with van der Waals surface area (Å²) in [5.74, 6) is -3.79. The van der Waals surface area contributed by atoms with Gasteiger partial charge in [0.05, 0.1) is 65.6 Å². The molecule has 6 N–H and O–H groups in total. The van der Waals surface area contributed by atoms with Crippen molar-refractivity contribution in [3.63, 3.8) is 0 Å². The van der Waals surface area contributed by atoms with E-state index in [9.17, 15) is 28.9 Å². The molecule has 1 aliphatic carbocycles. The van der Waals surface area contributed by atoms with E-state index in [1.807, 2.05) is 0 Å². The molecule has 0 aromatic heterocycles. The monoisotopic (exact) mass is 799 g/mol. The van der Waals surface area contributed by atoms with Crippen LogP contribution in [0.2, 0.25) is 0 Å². The number of rotatable bonds is 30. The summed E-state index contributed by atoms with van der Waals surface area (Å²) >= 11 is 5.27. The van der Waals surface area contributed by atoms with Gasteiger partial charge in [0.25, 0.3) is 11.8 Å². The summed E-state index contributed by atoms with van der Waals surface area (Å²) in [6.07, 6.45) is 1.16. The molecular formula is C33H62N5O13PS. The van der Waals surface area contributed by atoms with Gasteiger partial charge in [0.15, 0.2) is 12.5 Å². The van der Waals surface area contributed by atoms with Crippen molar-refractivity contribution in [1.82, 2.24) is 26.6 Å². The molecule has 0 radical (unpaired) electrons. The number of methoxy groups -OCH3 is 3. The fourth-order valence-corrected chi connectivity index (χ4v) is 6.12. The lowest BCUT2D eigenvalue weighted by Crippen LogP contribution is -2.60. The highest BCUT2D eigenvalue weighted by molar-refractivity contribution is 8.09. The van der Waals surface area contributed by atoms with Gasteiger partial charge in [-0.1, -0.05) is 13.8 Å². The van der Waals surface area contributed by atoms with E-state index >= 15 is 0 Å². The van der Waals surface area contributed by atoms with Gasteiger partial charge in [-0.25, -0.2) is 0 Å². The largest absolute Gasteiger partial charge is 0.382 e. The van der Waals surface area contributed by atoms with Crippen molar-refractivity contribution in [1.29, 1.82) is 0 Å². The van der Waals surface area contributed by atoms with Gasteiger partial charge >= 0.3 is 0 Å². The Bertz CT molecular complexity index is 1130. The van der Waals surface area contributed by atoms with Crippen LogP contribution < -0.4 is 26.6 Å². The van der Waals surface area contributed by atoms with E-state index in [2.05, 4.69) is 26.6 Å². The third-order valence-corrected chi connectivity index (χ3v) is 11.5. The van der Waals surface area contributed by atoms with Crippen LogP contribution in [0, 0.1) is 5.92 Å². The zero-order valence-corrected chi connectivity index (χ0v) is 33.5. The first-order valence-electron chi connectivity index (χ1n) is 18.0. The van der Waals surface area contributed by atoms with Gasteiger partial charge < -0.3 is 64.4 Å². The van der Waals surface area contributed by atoms with Gasteiger partial charge in [-0.3, -0.25) is 24.0 Å². The Hall–Kier alpha value is -2.32. The van der Waals surface area contributed by atoms with E-state index < -0.39 is 48.1 Å². The van der Waals surface area contributed by atoms with Crippen LogP contribution >= 0.6 is 6.49 Å². The molecule has 3 unspecified atom stereocenters. The molecule has 20 heteroatoms. The van der Waals surface area contributed by atoms with Crippen molar-refractivity contribution in [3.8, 4) is 0 Å². The molecular weight excluding hydrogens is 737 g/mol. The van der Waals surface area contributed by atoms with Crippen molar-refractivity contribution in [2.24, 2.45) is 5.92 Å². The number of amides is 5. The topological polar surface area (TPSA) is 230 Å². The Morgan fingerprint density at radius 2 is 1.17 bits per heavy atom.